The van der Waals surface area contributed by atoms with Gasteiger partial charge in [0, 0.05) is 6.04 Å². The molecule has 0 heterocycles. The van der Waals surface area contributed by atoms with Gasteiger partial charge in [0.2, 0.25) is 0 Å². The lowest BCUT2D eigenvalue weighted by Gasteiger charge is -2.20. The molecule has 2 aromatic rings. The summed E-state index contributed by atoms with van der Waals surface area (Å²) in [6.07, 6.45) is 0. The van der Waals surface area contributed by atoms with Gasteiger partial charge in [0.1, 0.15) is 0 Å². The zero-order chi connectivity index (χ0) is 14.8. The first-order valence-electron chi connectivity index (χ1n) is 6.54. The fourth-order valence-corrected chi connectivity index (χ4v) is 3.57. The first kappa shape index (κ1) is 14.8. The van der Waals surface area contributed by atoms with Crippen LogP contribution < -0.4 is 5.73 Å². The zero-order valence-electron chi connectivity index (χ0n) is 11.7. The average molecular weight is 289 g/mol. The molecular weight excluding hydrogens is 270 g/mol. The molecule has 20 heavy (non-hydrogen) atoms. The number of aryl methyl sites for hydroxylation is 1. The van der Waals surface area contributed by atoms with E-state index in [2.05, 4.69) is 0 Å². The number of sulfone groups is 1. The van der Waals surface area contributed by atoms with Gasteiger partial charge in [-0.15, -0.1) is 0 Å². The van der Waals surface area contributed by atoms with Crippen molar-refractivity contribution in [3.63, 3.8) is 0 Å². The van der Waals surface area contributed by atoms with Crippen molar-refractivity contribution in [3.05, 3.63) is 65.7 Å². The number of nitrogens with two attached hydrogens (primary N) is 1. The Labute approximate surface area is 120 Å². The molecule has 2 N–H and O–H groups in total. The van der Waals surface area contributed by atoms with E-state index in [4.69, 9.17) is 5.73 Å². The highest BCUT2D eigenvalue weighted by molar-refractivity contribution is 7.92. The summed E-state index contributed by atoms with van der Waals surface area (Å²) in [6, 6.07) is 15.6. The molecule has 2 rings (SSSR count). The maximum absolute atomic E-state index is 12.6. The van der Waals surface area contributed by atoms with Crippen LogP contribution in [0.4, 0.5) is 0 Å². The van der Waals surface area contributed by atoms with Gasteiger partial charge >= 0.3 is 0 Å². The third-order valence-electron chi connectivity index (χ3n) is 3.53. The Bertz CT molecular complexity index is 663. The summed E-state index contributed by atoms with van der Waals surface area (Å²) < 4.78 is 25.2. The van der Waals surface area contributed by atoms with Gasteiger partial charge in [0.05, 0.1) is 10.1 Å². The normalized spacial score (nSPS) is 14.8. The van der Waals surface area contributed by atoms with Crippen LogP contribution in [-0.2, 0) is 9.84 Å². The van der Waals surface area contributed by atoms with Crippen LogP contribution in [0.2, 0.25) is 0 Å². The van der Waals surface area contributed by atoms with Crippen molar-refractivity contribution in [2.75, 3.05) is 0 Å². The Balaban J connectivity index is 2.32. The standard InChI is InChI=1S/C16H19NO2S/c1-12-8-10-15(11-9-12)20(18,19)13(2)16(17)14-6-4-3-5-7-14/h3-11,13,16H,17H2,1-2H3. The molecule has 0 aromatic heterocycles. The topological polar surface area (TPSA) is 60.2 Å². The SMILES string of the molecule is Cc1ccc(S(=O)(=O)C(C)C(N)c2ccccc2)cc1. The maximum atomic E-state index is 12.6. The lowest BCUT2D eigenvalue weighted by Crippen LogP contribution is -2.31. The van der Waals surface area contributed by atoms with Crippen LogP contribution >= 0.6 is 0 Å². The average Bonchev–Trinajstić information content (AvgIpc) is 2.47. The molecule has 2 aromatic carbocycles. The van der Waals surface area contributed by atoms with Gasteiger partial charge in [-0.2, -0.15) is 0 Å². The molecule has 0 aliphatic heterocycles. The lowest BCUT2D eigenvalue weighted by atomic mass is 10.1. The number of hydrogen-bond acceptors (Lipinski definition) is 3. The fraction of sp³-hybridized carbons (Fsp3) is 0.250. The second kappa shape index (κ2) is 5.77. The smallest absolute Gasteiger partial charge is 0.182 e. The van der Waals surface area contributed by atoms with Crippen LogP contribution in [0.1, 0.15) is 24.1 Å². The highest BCUT2D eigenvalue weighted by Crippen LogP contribution is 2.25. The second-order valence-corrected chi connectivity index (χ2v) is 7.30. The largest absolute Gasteiger partial charge is 0.323 e. The van der Waals surface area contributed by atoms with E-state index in [0.717, 1.165) is 11.1 Å². The fourth-order valence-electron chi connectivity index (χ4n) is 2.08. The van der Waals surface area contributed by atoms with Crippen molar-refractivity contribution in [2.24, 2.45) is 5.73 Å². The quantitative estimate of drug-likeness (QED) is 0.941. The molecule has 4 heteroatoms. The van der Waals surface area contributed by atoms with E-state index in [-0.39, 0.29) is 0 Å². The number of benzene rings is 2. The Hall–Kier alpha value is -1.65. The van der Waals surface area contributed by atoms with Crippen LogP contribution in [0.3, 0.4) is 0 Å². The van der Waals surface area contributed by atoms with E-state index in [1.807, 2.05) is 37.3 Å². The van der Waals surface area contributed by atoms with Crippen molar-refractivity contribution >= 4 is 9.84 Å². The molecule has 0 spiro atoms. The Kier molecular flexibility index (Phi) is 4.26. The number of rotatable bonds is 4. The van der Waals surface area contributed by atoms with Crippen molar-refractivity contribution in [3.8, 4) is 0 Å². The van der Waals surface area contributed by atoms with E-state index >= 15 is 0 Å². The van der Waals surface area contributed by atoms with Crippen LogP contribution in [0.5, 0.6) is 0 Å². The highest BCUT2D eigenvalue weighted by Gasteiger charge is 2.29. The minimum atomic E-state index is -3.43. The summed E-state index contributed by atoms with van der Waals surface area (Å²) >= 11 is 0. The molecule has 106 valence electrons. The summed E-state index contributed by atoms with van der Waals surface area (Å²) in [5, 5.41) is -0.674. The van der Waals surface area contributed by atoms with E-state index in [9.17, 15) is 8.42 Å². The molecule has 0 aliphatic rings. The van der Waals surface area contributed by atoms with Gasteiger partial charge in [-0.3, -0.25) is 0 Å². The summed E-state index contributed by atoms with van der Waals surface area (Å²) in [6.45, 7) is 3.59. The molecule has 2 atom stereocenters. The molecule has 2 unspecified atom stereocenters. The van der Waals surface area contributed by atoms with Crippen LogP contribution in [0, 0.1) is 6.92 Å². The van der Waals surface area contributed by atoms with Crippen molar-refractivity contribution < 1.29 is 8.42 Å². The summed E-state index contributed by atoms with van der Waals surface area (Å²) in [5.74, 6) is 0. The zero-order valence-corrected chi connectivity index (χ0v) is 12.5. The minimum Gasteiger partial charge on any atom is -0.323 e. The predicted octanol–water partition coefficient (Wildman–Crippen LogP) is 2.86. The second-order valence-electron chi connectivity index (χ2n) is 5.00. The third-order valence-corrected chi connectivity index (χ3v) is 5.73. The van der Waals surface area contributed by atoms with Gasteiger partial charge < -0.3 is 5.73 Å². The minimum absolute atomic E-state index is 0.321. The molecular formula is C16H19NO2S. The Morgan fingerprint density at radius 1 is 0.950 bits per heavy atom. The first-order chi connectivity index (χ1) is 9.43. The van der Waals surface area contributed by atoms with E-state index in [1.165, 1.54) is 0 Å². The predicted molar refractivity (Wildman–Crippen MR) is 81.2 cm³/mol. The molecule has 0 radical (unpaired) electrons. The monoisotopic (exact) mass is 289 g/mol. The Morgan fingerprint density at radius 3 is 2.05 bits per heavy atom. The lowest BCUT2D eigenvalue weighted by molar-refractivity contribution is 0.565. The van der Waals surface area contributed by atoms with Crippen molar-refractivity contribution in [1.82, 2.24) is 0 Å². The van der Waals surface area contributed by atoms with E-state index in [1.54, 1.807) is 31.2 Å². The van der Waals surface area contributed by atoms with E-state index < -0.39 is 21.1 Å². The number of hydrogen-bond donors (Lipinski definition) is 1. The van der Waals surface area contributed by atoms with Gasteiger partial charge in [-0.1, -0.05) is 48.0 Å². The molecule has 3 nitrogen and oxygen atoms in total. The maximum Gasteiger partial charge on any atom is 0.182 e. The van der Waals surface area contributed by atoms with Crippen LogP contribution in [0.15, 0.2) is 59.5 Å². The molecule has 0 aliphatic carbocycles. The third kappa shape index (κ3) is 2.92. The molecule has 0 saturated heterocycles. The highest BCUT2D eigenvalue weighted by atomic mass is 32.2. The summed E-state index contributed by atoms with van der Waals surface area (Å²) in [5.41, 5.74) is 7.97. The summed E-state index contributed by atoms with van der Waals surface area (Å²) in [7, 11) is -3.43. The molecule has 0 fully saturated rings. The molecule has 0 saturated carbocycles. The molecule has 0 bridgehead atoms. The van der Waals surface area contributed by atoms with Gasteiger partial charge in [0.25, 0.3) is 0 Å². The van der Waals surface area contributed by atoms with Crippen LogP contribution in [0.25, 0.3) is 0 Å². The van der Waals surface area contributed by atoms with Crippen molar-refractivity contribution in [1.29, 1.82) is 0 Å². The van der Waals surface area contributed by atoms with Gasteiger partial charge in [0.15, 0.2) is 9.84 Å². The van der Waals surface area contributed by atoms with E-state index in [0.29, 0.717) is 4.90 Å². The molecule has 0 amide bonds. The van der Waals surface area contributed by atoms with Crippen molar-refractivity contribution in [2.45, 2.75) is 30.0 Å². The summed E-state index contributed by atoms with van der Waals surface area (Å²) in [4.78, 5) is 0.321. The first-order valence-corrected chi connectivity index (χ1v) is 8.08. The van der Waals surface area contributed by atoms with Crippen LogP contribution in [-0.4, -0.2) is 13.7 Å². The Morgan fingerprint density at radius 2 is 1.50 bits per heavy atom. The van der Waals surface area contributed by atoms with Gasteiger partial charge in [-0.25, -0.2) is 8.42 Å². The van der Waals surface area contributed by atoms with Gasteiger partial charge in [-0.05, 0) is 31.5 Å².